The van der Waals surface area contributed by atoms with Crippen molar-refractivity contribution in [2.45, 2.75) is 29.4 Å². The zero-order valence-corrected chi connectivity index (χ0v) is 12.3. The van der Waals surface area contributed by atoms with Gasteiger partial charge in [0.1, 0.15) is 5.82 Å². The highest BCUT2D eigenvalue weighted by Crippen LogP contribution is 2.37. The molecule has 0 spiro atoms. The van der Waals surface area contributed by atoms with Gasteiger partial charge in [-0.25, -0.2) is 17.5 Å². The number of hydrogen-bond acceptors (Lipinski definition) is 4. The fourth-order valence-corrected chi connectivity index (χ4v) is 4.54. The minimum absolute atomic E-state index is 0.00185. The Hall–Kier alpha value is -0.790. The first-order valence-electron chi connectivity index (χ1n) is 6.01. The topological polar surface area (TPSA) is 72.2 Å². The van der Waals surface area contributed by atoms with Crippen LogP contribution in [-0.4, -0.2) is 25.5 Å². The fourth-order valence-electron chi connectivity index (χ4n) is 2.00. The van der Waals surface area contributed by atoms with Crippen molar-refractivity contribution in [2.24, 2.45) is 0 Å². The van der Waals surface area contributed by atoms with Crippen LogP contribution in [0.25, 0.3) is 0 Å². The lowest BCUT2D eigenvalue weighted by atomic mass is 10.1. The van der Waals surface area contributed by atoms with Crippen molar-refractivity contribution in [3.05, 3.63) is 24.0 Å². The number of halogens is 1. The van der Waals surface area contributed by atoms with E-state index in [0.717, 1.165) is 30.7 Å². The summed E-state index contributed by atoms with van der Waals surface area (Å²) in [6, 6.07) is 3.43. The number of anilines is 1. The monoisotopic (exact) mass is 304 g/mol. The van der Waals surface area contributed by atoms with Crippen LogP contribution in [0.5, 0.6) is 0 Å². The lowest BCUT2D eigenvalue weighted by Gasteiger charge is -2.22. The maximum absolute atomic E-state index is 13.0. The summed E-state index contributed by atoms with van der Waals surface area (Å²) in [7, 11) is -3.64. The molecule has 1 fully saturated rings. The summed E-state index contributed by atoms with van der Waals surface area (Å²) in [6.45, 7) is 2.42. The first-order valence-corrected chi connectivity index (χ1v) is 8.48. The Bertz CT molecular complexity index is 569. The van der Waals surface area contributed by atoms with Gasteiger partial charge in [0, 0.05) is 11.3 Å². The van der Waals surface area contributed by atoms with Gasteiger partial charge in [0.25, 0.3) is 0 Å². The highest BCUT2D eigenvalue weighted by molar-refractivity contribution is 8.01. The third-order valence-corrected chi connectivity index (χ3v) is 6.15. The maximum Gasteiger partial charge on any atom is 0.240 e. The Labute approximate surface area is 117 Å². The van der Waals surface area contributed by atoms with E-state index in [0.29, 0.717) is 6.54 Å². The van der Waals surface area contributed by atoms with Crippen LogP contribution in [-0.2, 0) is 10.0 Å². The van der Waals surface area contributed by atoms with Gasteiger partial charge in [-0.05, 0) is 43.7 Å². The molecule has 1 saturated heterocycles. The molecule has 19 heavy (non-hydrogen) atoms. The molecule has 1 unspecified atom stereocenters. The van der Waals surface area contributed by atoms with Gasteiger partial charge < -0.3 is 5.73 Å². The third kappa shape index (κ3) is 3.40. The zero-order valence-electron chi connectivity index (χ0n) is 10.6. The van der Waals surface area contributed by atoms with Crippen LogP contribution in [0, 0.1) is 5.82 Å². The molecule has 7 heteroatoms. The molecule has 0 amide bonds. The Morgan fingerprint density at radius 3 is 2.84 bits per heavy atom. The van der Waals surface area contributed by atoms with E-state index in [4.69, 9.17) is 5.73 Å². The number of hydrogen-bond donors (Lipinski definition) is 2. The second kappa shape index (κ2) is 5.30. The molecule has 1 heterocycles. The normalized spacial score (nSPS) is 23.7. The molecule has 2 rings (SSSR count). The molecule has 1 aromatic rings. The summed E-state index contributed by atoms with van der Waals surface area (Å²) < 4.78 is 39.7. The molecule has 0 bridgehead atoms. The number of nitrogen functional groups attached to an aromatic ring is 1. The minimum Gasteiger partial charge on any atom is -0.396 e. The van der Waals surface area contributed by atoms with Crippen LogP contribution in [0.2, 0.25) is 0 Å². The largest absolute Gasteiger partial charge is 0.396 e. The van der Waals surface area contributed by atoms with E-state index in [1.54, 1.807) is 11.8 Å². The molecule has 4 nitrogen and oxygen atoms in total. The van der Waals surface area contributed by atoms with Crippen molar-refractivity contribution < 1.29 is 12.8 Å². The molecular weight excluding hydrogens is 287 g/mol. The predicted molar refractivity (Wildman–Crippen MR) is 76.1 cm³/mol. The van der Waals surface area contributed by atoms with Gasteiger partial charge in [0.05, 0.1) is 10.6 Å². The number of nitrogens with one attached hydrogen (secondary N) is 1. The van der Waals surface area contributed by atoms with Crippen LogP contribution in [0.1, 0.15) is 19.8 Å². The average Bonchev–Trinajstić information content (AvgIpc) is 2.78. The number of benzene rings is 1. The first-order chi connectivity index (χ1) is 8.82. The third-order valence-electron chi connectivity index (χ3n) is 3.21. The molecule has 0 aromatic heterocycles. The Balaban J connectivity index is 2.11. The quantitative estimate of drug-likeness (QED) is 0.834. The van der Waals surface area contributed by atoms with Crippen molar-refractivity contribution in [3.8, 4) is 0 Å². The van der Waals surface area contributed by atoms with E-state index in [9.17, 15) is 12.8 Å². The van der Waals surface area contributed by atoms with Crippen LogP contribution < -0.4 is 10.5 Å². The van der Waals surface area contributed by atoms with Gasteiger partial charge in [-0.15, -0.1) is 0 Å². The molecule has 0 aliphatic carbocycles. The molecule has 1 aliphatic rings. The van der Waals surface area contributed by atoms with Crippen LogP contribution in [0.15, 0.2) is 23.1 Å². The van der Waals surface area contributed by atoms with E-state index < -0.39 is 15.8 Å². The molecule has 1 aliphatic heterocycles. The smallest absolute Gasteiger partial charge is 0.240 e. The fraction of sp³-hybridized carbons (Fsp3) is 0.500. The van der Waals surface area contributed by atoms with Crippen LogP contribution in [0.4, 0.5) is 10.1 Å². The molecule has 3 N–H and O–H groups in total. The minimum atomic E-state index is -3.64. The van der Waals surface area contributed by atoms with Crippen LogP contribution in [0.3, 0.4) is 0 Å². The summed E-state index contributed by atoms with van der Waals surface area (Å²) in [6.07, 6.45) is 2.10. The average molecular weight is 304 g/mol. The molecular formula is C12H17FN2O2S2. The molecule has 0 saturated carbocycles. The Kier molecular flexibility index (Phi) is 4.08. The number of nitrogens with two attached hydrogens (primary N) is 1. The van der Waals surface area contributed by atoms with E-state index in [1.807, 2.05) is 6.92 Å². The number of sulfonamides is 1. The lowest BCUT2D eigenvalue weighted by molar-refractivity contribution is 0.552. The molecule has 0 radical (unpaired) electrons. The lowest BCUT2D eigenvalue weighted by Crippen LogP contribution is -2.36. The predicted octanol–water partition coefficient (Wildman–Crippen LogP) is 1.97. The summed E-state index contributed by atoms with van der Waals surface area (Å²) >= 11 is 1.77. The summed E-state index contributed by atoms with van der Waals surface area (Å²) in [4.78, 5) is -0.00185. The van der Waals surface area contributed by atoms with Crippen molar-refractivity contribution in [1.29, 1.82) is 0 Å². The highest BCUT2D eigenvalue weighted by Gasteiger charge is 2.31. The van der Waals surface area contributed by atoms with Gasteiger partial charge in [-0.1, -0.05) is 0 Å². The first kappa shape index (κ1) is 14.6. The summed E-state index contributed by atoms with van der Waals surface area (Å²) in [5, 5.41) is 0. The van der Waals surface area contributed by atoms with Crippen molar-refractivity contribution in [2.75, 3.05) is 18.0 Å². The van der Waals surface area contributed by atoms with Crippen molar-refractivity contribution in [3.63, 3.8) is 0 Å². The van der Waals surface area contributed by atoms with Gasteiger partial charge >= 0.3 is 0 Å². The number of thioether (sulfide) groups is 1. The molecule has 106 valence electrons. The number of rotatable bonds is 4. The summed E-state index contributed by atoms with van der Waals surface area (Å²) in [5.41, 5.74) is 5.23. The Morgan fingerprint density at radius 1 is 1.53 bits per heavy atom. The molecule has 1 atom stereocenters. The van der Waals surface area contributed by atoms with E-state index in [-0.39, 0.29) is 15.3 Å². The van der Waals surface area contributed by atoms with Crippen molar-refractivity contribution >= 4 is 27.5 Å². The summed E-state index contributed by atoms with van der Waals surface area (Å²) in [5.74, 6) is 0.444. The van der Waals surface area contributed by atoms with Gasteiger partial charge in [0.2, 0.25) is 10.0 Å². The standard InChI is InChI=1S/C12H17FN2O2S2/c1-12(5-2-6-18-12)8-15-19(16,17)9-3-4-10(13)11(14)7-9/h3-4,7,15H,2,5-6,8,14H2,1H3. The highest BCUT2D eigenvalue weighted by atomic mass is 32.2. The zero-order chi connectivity index (χ0) is 14.1. The van der Waals surface area contributed by atoms with E-state index in [1.165, 1.54) is 6.07 Å². The van der Waals surface area contributed by atoms with E-state index in [2.05, 4.69) is 4.72 Å². The SMILES string of the molecule is CC1(CNS(=O)(=O)c2ccc(F)c(N)c2)CCCS1. The van der Waals surface area contributed by atoms with Gasteiger partial charge in [0.15, 0.2) is 0 Å². The van der Waals surface area contributed by atoms with Crippen molar-refractivity contribution in [1.82, 2.24) is 4.72 Å². The second-order valence-electron chi connectivity index (χ2n) is 4.91. The van der Waals surface area contributed by atoms with Gasteiger partial charge in [-0.2, -0.15) is 11.8 Å². The van der Waals surface area contributed by atoms with Crippen LogP contribution >= 0.6 is 11.8 Å². The van der Waals surface area contributed by atoms with E-state index >= 15 is 0 Å². The maximum atomic E-state index is 13.0. The van der Waals surface area contributed by atoms with Gasteiger partial charge in [-0.3, -0.25) is 0 Å². The Morgan fingerprint density at radius 2 is 2.26 bits per heavy atom. The molecule has 1 aromatic carbocycles. The second-order valence-corrected chi connectivity index (χ2v) is 8.36.